The number of halogens is 3. The second-order valence-electron chi connectivity index (χ2n) is 7.40. The molecule has 2 heterocycles. The van der Waals surface area contributed by atoms with Crippen LogP contribution in [-0.4, -0.2) is 53.3 Å². The van der Waals surface area contributed by atoms with Crippen LogP contribution in [0.4, 0.5) is 15.9 Å². The van der Waals surface area contributed by atoms with E-state index in [4.69, 9.17) is 21.1 Å². The highest BCUT2D eigenvalue weighted by molar-refractivity contribution is 6.32. The van der Waals surface area contributed by atoms with Crippen LogP contribution < -0.4 is 14.8 Å². The van der Waals surface area contributed by atoms with Crippen LogP contribution in [0.15, 0.2) is 30.6 Å². The summed E-state index contributed by atoms with van der Waals surface area (Å²) in [6.45, 7) is 3.62. The first kappa shape index (κ1) is 24.1. The summed E-state index contributed by atoms with van der Waals surface area (Å²) in [4.78, 5) is 10.9. The maximum absolute atomic E-state index is 14.3. The summed E-state index contributed by atoms with van der Waals surface area (Å²) in [6.07, 6.45) is 5.14. The van der Waals surface area contributed by atoms with Crippen LogP contribution in [0.5, 0.6) is 17.2 Å². The highest BCUT2D eigenvalue weighted by Crippen LogP contribution is 2.36. The van der Waals surface area contributed by atoms with Crippen molar-refractivity contribution >= 4 is 46.4 Å². The van der Waals surface area contributed by atoms with Gasteiger partial charge in [0.1, 0.15) is 30.3 Å². The average molecular weight is 483 g/mol. The predicted molar refractivity (Wildman–Crippen MR) is 125 cm³/mol. The van der Waals surface area contributed by atoms with Crippen LogP contribution in [0.25, 0.3) is 10.9 Å². The van der Waals surface area contributed by atoms with Crippen LogP contribution in [0, 0.1) is 5.82 Å². The number of hydrogen-bond acceptors (Lipinski definition) is 7. The number of piperidine rings is 1. The number of likely N-dealkylation sites (tertiary alicyclic amines) is 1. The zero-order valence-corrected chi connectivity index (χ0v) is 19.2. The van der Waals surface area contributed by atoms with Crippen LogP contribution in [0.2, 0.25) is 5.02 Å². The van der Waals surface area contributed by atoms with Gasteiger partial charge in [-0.3, -0.25) is 4.90 Å². The molecule has 0 aliphatic carbocycles. The van der Waals surface area contributed by atoms with E-state index in [9.17, 15) is 9.50 Å². The lowest BCUT2D eigenvalue weighted by Crippen LogP contribution is -2.33. The Balaban J connectivity index is 0.00000289. The number of aromatic hydroxyl groups is 1. The molecule has 3 aromatic rings. The summed E-state index contributed by atoms with van der Waals surface area (Å²) in [7, 11) is 1.56. The number of rotatable bonds is 7. The minimum absolute atomic E-state index is 0. The number of anilines is 2. The fourth-order valence-corrected chi connectivity index (χ4v) is 3.81. The number of nitrogens with zero attached hydrogens (tertiary/aromatic N) is 3. The lowest BCUT2D eigenvalue weighted by atomic mass is 10.1. The molecule has 1 fully saturated rings. The summed E-state index contributed by atoms with van der Waals surface area (Å²) >= 11 is 5.76. The van der Waals surface area contributed by atoms with E-state index < -0.39 is 5.82 Å². The Labute approximate surface area is 196 Å². The van der Waals surface area contributed by atoms with Gasteiger partial charge in [-0.15, -0.1) is 12.4 Å². The first-order chi connectivity index (χ1) is 15.0. The molecule has 10 heteroatoms. The van der Waals surface area contributed by atoms with Crippen molar-refractivity contribution in [3.8, 4) is 17.2 Å². The smallest absolute Gasteiger partial charge is 0.163 e. The van der Waals surface area contributed by atoms with E-state index in [1.807, 2.05) is 0 Å². The molecule has 1 saturated heterocycles. The zero-order chi connectivity index (χ0) is 21.8. The third kappa shape index (κ3) is 5.43. The maximum atomic E-state index is 14.3. The Morgan fingerprint density at radius 1 is 1.12 bits per heavy atom. The van der Waals surface area contributed by atoms with Crippen molar-refractivity contribution in [2.45, 2.75) is 19.3 Å². The second kappa shape index (κ2) is 10.8. The van der Waals surface area contributed by atoms with E-state index in [2.05, 4.69) is 20.2 Å². The quantitative estimate of drug-likeness (QED) is 0.480. The number of ether oxygens (including phenoxy) is 2. The summed E-state index contributed by atoms with van der Waals surface area (Å²) < 4.78 is 25.8. The van der Waals surface area contributed by atoms with Gasteiger partial charge in [-0.1, -0.05) is 18.0 Å². The first-order valence-electron chi connectivity index (χ1n) is 10.2. The SMILES string of the molecule is COc1cc2c(Nc3cc(O)c(Cl)cc3F)ncnc2cc1OCCN1CCCCC1.Cl. The van der Waals surface area contributed by atoms with Gasteiger partial charge >= 0.3 is 0 Å². The lowest BCUT2D eigenvalue weighted by molar-refractivity contribution is 0.181. The predicted octanol–water partition coefficient (Wildman–Crippen LogP) is 5.17. The van der Waals surface area contributed by atoms with Crippen LogP contribution in [-0.2, 0) is 0 Å². The van der Waals surface area contributed by atoms with Gasteiger partial charge in [0.25, 0.3) is 0 Å². The number of phenols is 1. The van der Waals surface area contributed by atoms with Gasteiger partial charge in [0.2, 0.25) is 0 Å². The number of aromatic nitrogens is 2. The molecule has 4 rings (SSSR count). The van der Waals surface area contributed by atoms with Crippen molar-refractivity contribution in [1.29, 1.82) is 0 Å². The maximum Gasteiger partial charge on any atom is 0.163 e. The molecule has 172 valence electrons. The highest BCUT2D eigenvalue weighted by Gasteiger charge is 2.15. The molecule has 1 aliphatic heterocycles. The molecule has 0 radical (unpaired) electrons. The molecule has 0 unspecified atom stereocenters. The largest absolute Gasteiger partial charge is 0.506 e. The van der Waals surface area contributed by atoms with Crippen LogP contribution in [0.1, 0.15) is 19.3 Å². The van der Waals surface area contributed by atoms with E-state index in [1.54, 1.807) is 19.2 Å². The zero-order valence-electron chi connectivity index (χ0n) is 17.6. The molecule has 0 spiro atoms. The number of nitrogens with one attached hydrogen (secondary N) is 1. The van der Waals surface area contributed by atoms with Gasteiger partial charge in [0.15, 0.2) is 11.5 Å². The molecular weight excluding hydrogens is 458 g/mol. The van der Waals surface area contributed by atoms with Crippen molar-refractivity contribution in [2.75, 3.05) is 38.7 Å². The standard InChI is InChI=1S/C22H24ClFN4O3.ClH/c1-30-20-9-14-17(12-21(20)31-8-7-28-5-3-2-4-6-28)25-13-26-22(14)27-18-11-19(29)15(23)10-16(18)24;/h9-13,29H,2-8H2,1H3,(H,25,26,27);1H. The van der Waals surface area contributed by atoms with E-state index >= 15 is 0 Å². The van der Waals surface area contributed by atoms with Crippen molar-refractivity contribution in [3.63, 3.8) is 0 Å². The topological polar surface area (TPSA) is 79.7 Å². The Bertz CT molecular complexity index is 1080. The Morgan fingerprint density at radius 3 is 2.66 bits per heavy atom. The van der Waals surface area contributed by atoms with Crippen LogP contribution >= 0.6 is 24.0 Å². The molecule has 1 aromatic heterocycles. The monoisotopic (exact) mass is 482 g/mol. The molecule has 0 amide bonds. The Morgan fingerprint density at radius 2 is 1.91 bits per heavy atom. The summed E-state index contributed by atoms with van der Waals surface area (Å²) in [5, 5.41) is 13.2. The first-order valence-corrected chi connectivity index (χ1v) is 10.6. The number of methoxy groups -OCH3 is 1. The third-order valence-corrected chi connectivity index (χ3v) is 5.63. The normalized spacial score (nSPS) is 14.1. The molecule has 2 aromatic carbocycles. The summed E-state index contributed by atoms with van der Waals surface area (Å²) in [5.74, 6) is 0.643. The lowest BCUT2D eigenvalue weighted by Gasteiger charge is -2.26. The number of fused-ring (bicyclic) bond motifs is 1. The fourth-order valence-electron chi connectivity index (χ4n) is 3.66. The number of benzene rings is 2. The van der Waals surface area contributed by atoms with Crippen LogP contribution in [0.3, 0.4) is 0 Å². The van der Waals surface area contributed by atoms with Crippen molar-refractivity contribution in [2.24, 2.45) is 0 Å². The van der Waals surface area contributed by atoms with Crippen molar-refractivity contribution in [3.05, 3.63) is 41.4 Å². The minimum Gasteiger partial charge on any atom is -0.506 e. The molecule has 0 bridgehead atoms. The molecule has 0 saturated carbocycles. The van der Waals surface area contributed by atoms with Crippen molar-refractivity contribution in [1.82, 2.24) is 14.9 Å². The molecule has 1 aliphatic rings. The minimum atomic E-state index is -0.612. The molecular formula is C22H25Cl2FN4O3. The van der Waals surface area contributed by atoms with E-state index in [0.29, 0.717) is 34.8 Å². The average Bonchev–Trinajstić information content (AvgIpc) is 2.78. The fraction of sp³-hybridized carbons (Fsp3) is 0.364. The summed E-state index contributed by atoms with van der Waals surface area (Å²) in [6, 6.07) is 5.78. The molecule has 32 heavy (non-hydrogen) atoms. The van der Waals surface area contributed by atoms with Crippen molar-refractivity contribution < 1.29 is 19.0 Å². The number of phenolic OH excluding ortho intramolecular Hbond substituents is 1. The van der Waals surface area contributed by atoms with Gasteiger partial charge in [0.05, 0.1) is 23.3 Å². The Kier molecular flexibility index (Phi) is 8.17. The highest BCUT2D eigenvalue weighted by atomic mass is 35.5. The van der Waals surface area contributed by atoms with Gasteiger partial charge < -0.3 is 19.9 Å². The molecule has 0 atom stereocenters. The van der Waals surface area contributed by atoms with Gasteiger partial charge in [-0.2, -0.15) is 0 Å². The van der Waals surface area contributed by atoms with E-state index in [1.165, 1.54) is 31.7 Å². The van der Waals surface area contributed by atoms with E-state index in [0.717, 1.165) is 25.7 Å². The van der Waals surface area contributed by atoms with E-state index in [-0.39, 0.29) is 28.9 Å². The summed E-state index contributed by atoms with van der Waals surface area (Å²) in [5.41, 5.74) is 0.660. The van der Waals surface area contributed by atoms with Gasteiger partial charge in [-0.05, 0) is 38.1 Å². The second-order valence-corrected chi connectivity index (χ2v) is 7.81. The third-order valence-electron chi connectivity index (χ3n) is 5.32. The molecule has 7 nitrogen and oxygen atoms in total. The molecule has 2 N–H and O–H groups in total. The number of hydrogen-bond donors (Lipinski definition) is 2. The van der Waals surface area contributed by atoms with Gasteiger partial charge in [0, 0.05) is 24.1 Å². The van der Waals surface area contributed by atoms with Gasteiger partial charge in [-0.25, -0.2) is 14.4 Å². The Hall–Kier alpha value is -2.55.